The van der Waals surface area contributed by atoms with Crippen LogP contribution in [-0.4, -0.2) is 35.6 Å². The van der Waals surface area contributed by atoms with Gasteiger partial charge in [-0.15, -0.1) is 0 Å². The summed E-state index contributed by atoms with van der Waals surface area (Å²) in [5, 5.41) is 8.14. The maximum Gasteiger partial charge on any atom is 0.0738 e. The zero-order valence-corrected chi connectivity index (χ0v) is 14.6. The van der Waals surface area contributed by atoms with Crippen LogP contribution in [0.15, 0.2) is 4.47 Å². The standard InChI is InChI=1S/C15H26BrN3O/c1-5-17-10-15(7-8-20-12(15)4)9-13-14(16)11(3)18-19(13)6-2/h12,17H,5-10H2,1-4H3. The molecule has 1 N–H and O–H groups in total. The van der Waals surface area contributed by atoms with Crippen LogP contribution in [0.4, 0.5) is 0 Å². The minimum absolute atomic E-state index is 0.178. The van der Waals surface area contributed by atoms with Crippen molar-refractivity contribution in [3.8, 4) is 0 Å². The van der Waals surface area contributed by atoms with Gasteiger partial charge in [0, 0.05) is 25.1 Å². The van der Waals surface area contributed by atoms with E-state index >= 15 is 0 Å². The number of halogens is 1. The number of nitrogens with one attached hydrogen (secondary N) is 1. The monoisotopic (exact) mass is 343 g/mol. The van der Waals surface area contributed by atoms with E-state index < -0.39 is 0 Å². The van der Waals surface area contributed by atoms with Crippen LogP contribution < -0.4 is 5.32 Å². The summed E-state index contributed by atoms with van der Waals surface area (Å²) in [5.41, 5.74) is 2.56. The highest BCUT2D eigenvalue weighted by atomic mass is 79.9. The largest absolute Gasteiger partial charge is 0.378 e. The molecule has 114 valence electrons. The molecule has 2 heterocycles. The Balaban J connectivity index is 2.28. The molecule has 1 aliphatic rings. The van der Waals surface area contributed by atoms with Gasteiger partial charge in [0.1, 0.15) is 0 Å². The normalized spacial score (nSPS) is 26.4. The molecule has 0 aliphatic carbocycles. The molecule has 1 fully saturated rings. The zero-order chi connectivity index (χ0) is 14.8. The number of nitrogens with zero attached hydrogens (tertiary/aromatic N) is 2. The van der Waals surface area contributed by atoms with Gasteiger partial charge in [0.05, 0.1) is 22.0 Å². The summed E-state index contributed by atoms with van der Waals surface area (Å²) < 4.78 is 9.16. The van der Waals surface area contributed by atoms with Crippen molar-refractivity contribution in [3.63, 3.8) is 0 Å². The van der Waals surface area contributed by atoms with E-state index in [1.54, 1.807) is 0 Å². The van der Waals surface area contributed by atoms with Gasteiger partial charge in [-0.3, -0.25) is 4.68 Å². The Morgan fingerprint density at radius 3 is 2.80 bits per heavy atom. The fourth-order valence-corrected chi connectivity index (χ4v) is 3.52. The summed E-state index contributed by atoms with van der Waals surface area (Å²) in [6.45, 7) is 12.4. The van der Waals surface area contributed by atoms with Crippen molar-refractivity contribution < 1.29 is 4.74 Å². The number of rotatable bonds is 6. The molecule has 1 aromatic heterocycles. The Morgan fingerprint density at radius 2 is 2.25 bits per heavy atom. The molecule has 0 saturated carbocycles. The molecule has 1 aromatic rings. The van der Waals surface area contributed by atoms with Gasteiger partial charge in [-0.2, -0.15) is 5.10 Å². The quantitative estimate of drug-likeness (QED) is 0.863. The topological polar surface area (TPSA) is 39.1 Å². The van der Waals surface area contributed by atoms with E-state index in [-0.39, 0.29) is 11.5 Å². The lowest BCUT2D eigenvalue weighted by atomic mass is 9.77. The lowest BCUT2D eigenvalue weighted by molar-refractivity contribution is 0.0622. The second kappa shape index (κ2) is 6.58. The second-order valence-electron chi connectivity index (χ2n) is 5.74. The maximum absolute atomic E-state index is 5.87. The number of aromatic nitrogens is 2. The first-order valence-electron chi connectivity index (χ1n) is 7.58. The molecule has 20 heavy (non-hydrogen) atoms. The van der Waals surface area contributed by atoms with Gasteiger partial charge in [0.25, 0.3) is 0 Å². The van der Waals surface area contributed by atoms with Crippen molar-refractivity contribution in [1.82, 2.24) is 15.1 Å². The number of ether oxygens (including phenoxy) is 1. The predicted octanol–water partition coefficient (Wildman–Crippen LogP) is 2.92. The average Bonchev–Trinajstić information content (AvgIpc) is 2.92. The van der Waals surface area contributed by atoms with Crippen molar-refractivity contribution in [2.75, 3.05) is 19.7 Å². The summed E-state index contributed by atoms with van der Waals surface area (Å²) in [6, 6.07) is 0. The first kappa shape index (κ1) is 16.0. The second-order valence-corrected chi connectivity index (χ2v) is 6.54. The molecule has 5 heteroatoms. The van der Waals surface area contributed by atoms with E-state index in [9.17, 15) is 0 Å². The fourth-order valence-electron chi connectivity index (χ4n) is 3.09. The predicted molar refractivity (Wildman–Crippen MR) is 85.0 cm³/mol. The van der Waals surface area contributed by atoms with E-state index in [0.717, 1.165) is 49.2 Å². The lowest BCUT2D eigenvalue weighted by Crippen LogP contribution is -2.41. The van der Waals surface area contributed by atoms with Gasteiger partial charge in [0.15, 0.2) is 0 Å². The Kier molecular flexibility index (Phi) is 5.26. The summed E-state index contributed by atoms with van der Waals surface area (Å²) in [5.74, 6) is 0. The number of hydrogen-bond acceptors (Lipinski definition) is 3. The molecule has 0 spiro atoms. The van der Waals surface area contributed by atoms with Crippen LogP contribution in [0.3, 0.4) is 0 Å². The van der Waals surface area contributed by atoms with Crippen LogP contribution >= 0.6 is 15.9 Å². The minimum Gasteiger partial charge on any atom is -0.378 e. The molecular weight excluding hydrogens is 318 g/mol. The molecule has 4 nitrogen and oxygen atoms in total. The molecule has 2 unspecified atom stereocenters. The Hall–Kier alpha value is -0.390. The minimum atomic E-state index is 0.178. The summed E-state index contributed by atoms with van der Waals surface area (Å²) in [6.07, 6.45) is 2.41. The van der Waals surface area contributed by atoms with Crippen molar-refractivity contribution in [1.29, 1.82) is 0 Å². The van der Waals surface area contributed by atoms with Gasteiger partial charge in [-0.1, -0.05) is 6.92 Å². The molecule has 0 aromatic carbocycles. The summed E-state index contributed by atoms with van der Waals surface area (Å²) in [7, 11) is 0. The van der Waals surface area contributed by atoms with Crippen LogP contribution in [0.5, 0.6) is 0 Å². The van der Waals surface area contributed by atoms with Crippen LogP contribution in [0, 0.1) is 12.3 Å². The zero-order valence-electron chi connectivity index (χ0n) is 13.0. The van der Waals surface area contributed by atoms with Crippen molar-refractivity contribution >= 4 is 15.9 Å². The van der Waals surface area contributed by atoms with Gasteiger partial charge < -0.3 is 10.1 Å². The molecule has 0 amide bonds. The van der Waals surface area contributed by atoms with E-state index in [4.69, 9.17) is 4.74 Å². The molecule has 0 radical (unpaired) electrons. The smallest absolute Gasteiger partial charge is 0.0738 e. The fraction of sp³-hybridized carbons (Fsp3) is 0.800. The average molecular weight is 344 g/mol. The third-order valence-corrected chi connectivity index (χ3v) is 5.56. The van der Waals surface area contributed by atoms with E-state index in [1.807, 2.05) is 0 Å². The van der Waals surface area contributed by atoms with Crippen LogP contribution in [-0.2, 0) is 17.7 Å². The van der Waals surface area contributed by atoms with E-state index in [2.05, 4.69) is 58.7 Å². The first-order chi connectivity index (χ1) is 9.54. The van der Waals surface area contributed by atoms with Gasteiger partial charge in [-0.25, -0.2) is 0 Å². The van der Waals surface area contributed by atoms with Crippen molar-refractivity contribution in [3.05, 3.63) is 15.9 Å². The number of hydrogen-bond donors (Lipinski definition) is 1. The van der Waals surface area contributed by atoms with E-state index in [0.29, 0.717) is 0 Å². The molecule has 1 saturated heterocycles. The van der Waals surface area contributed by atoms with Gasteiger partial charge in [0.2, 0.25) is 0 Å². The lowest BCUT2D eigenvalue weighted by Gasteiger charge is -2.33. The van der Waals surface area contributed by atoms with Crippen molar-refractivity contribution in [2.45, 2.75) is 53.2 Å². The van der Waals surface area contributed by atoms with E-state index in [1.165, 1.54) is 5.69 Å². The van der Waals surface area contributed by atoms with Gasteiger partial charge >= 0.3 is 0 Å². The van der Waals surface area contributed by atoms with Gasteiger partial charge in [-0.05, 0) is 56.1 Å². The van der Waals surface area contributed by atoms with Crippen LogP contribution in [0.25, 0.3) is 0 Å². The first-order valence-corrected chi connectivity index (χ1v) is 8.37. The summed E-state index contributed by atoms with van der Waals surface area (Å²) >= 11 is 3.72. The highest BCUT2D eigenvalue weighted by molar-refractivity contribution is 9.10. The van der Waals surface area contributed by atoms with Crippen LogP contribution in [0.1, 0.15) is 38.6 Å². The summed E-state index contributed by atoms with van der Waals surface area (Å²) in [4.78, 5) is 0. The molecule has 1 aliphatic heterocycles. The third kappa shape index (κ3) is 2.95. The highest BCUT2D eigenvalue weighted by Gasteiger charge is 2.42. The SMILES string of the molecule is CCNCC1(Cc2c(Br)c(C)nn2CC)CCOC1C. The number of aryl methyl sites for hydroxylation is 2. The van der Waals surface area contributed by atoms with Crippen LogP contribution in [0.2, 0.25) is 0 Å². The molecule has 2 atom stereocenters. The molecule has 0 bridgehead atoms. The highest BCUT2D eigenvalue weighted by Crippen LogP contribution is 2.39. The Morgan fingerprint density at radius 1 is 1.50 bits per heavy atom. The molecular formula is C15H26BrN3O. The third-order valence-electron chi connectivity index (χ3n) is 4.53. The molecule has 2 rings (SSSR count). The Labute approximate surface area is 130 Å². The Bertz CT molecular complexity index is 460. The van der Waals surface area contributed by atoms with Crippen molar-refractivity contribution in [2.24, 2.45) is 5.41 Å². The maximum atomic E-state index is 5.87.